The van der Waals surface area contributed by atoms with E-state index >= 15 is 0 Å². The zero-order chi connectivity index (χ0) is 16.9. The minimum atomic E-state index is -0.224. The van der Waals surface area contributed by atoms with Crippen molar-refractivity contribution >= 4 is 22.9 Å². The van der Waals surface area contributed by atoms with Crippen molar-refractivity contribution in [3.8, 4) is 22.1 Å². The Morgan fingerprint density at radius 2 is 1.88 bits per heavy atom. The number of thiazole rings is 1. The lowest BCUT2D eigenvalue weighted by Gasteiger charge is -2.10. The Morgan fingerprint density at radius 3 is 2.58 bits per heavy atom. The van der Waals surface area contributed by atoms with Crippen LogP contribution in [0.1, 0.15) is 9.67 Å². The maximum absolute atomic E-state index is 12.5. The van der Waals surface area contributed by atoms with Gasteiger partial charge in [0.25, 0.3) is 5.91 Å². The minimum Gasteiger partial charge on any atom is -0.497 e. The molecular formula is C18H16N2O3S. The van der Waals surface area contributed by atoms with Crippen molar-refractivity contribution in [2.45, 2.75) is 0 Å². The molecule has 3 aromatic rings. The number of amides is 1. The molecule has 0 unspecified atom stereocenters. The highest BCUT2D eigenvalue weighted by Crippen LogP contribution is 2.30. The summed E-state index contributed by atoms with van der Waals surface area (Å²) in [4.78, 5) is 17.3. The fourth-order valence-corrected chi connectivity index (χ4v) is 3.00. The van der Waals surface area contributed by atoms with Crippen LogP contribution in [-0.4, -0.2) is 25.1 Å². The second kappa shape index (κ2) is 7.14. The third-order valence-electron chi connectivity index (χ3n) is 3.41. The van der Waals surface area contributed by atoms with Crippen LogP contribution in [0.4, 0.5) is 5.69 Å². The summed E-state index contributed by atoms with van der Waals surface area (Å²) in [6.45, 7) is 0. The van der Waals surface area contributed by atoms with Crippen LogP contribution in [0.15, 0.2) is 54.7 Å². The third kappa shape index (κ3) is 3.38. The number of rotatable bonds is 5. The Bertz CT molecular complexity index is 846. The fraction of sp³-hybridized carbons (Fsp3) is 0.111. The highest BCUT2D eigenvalue weighted by molar-refractivity contribution is 7.17. The summed E-state index contributed by atoms with van der Waals surface area (Å²) in [5.74, 6) is 0.975. The number of nitrogens with one attached hydrogen (secondary N) is 1. The van der Waals surface area contributed by atoms with Crippen molar-refractivity contribution in [2.24, 2.45) is 0 Å². The predicted octanol–water partition coefficient (Wildman–Crippen LogP) is 4.08. The van der Waals surface area contributed by atoms with Gasteiger partial charge in [-0.3, -0.25) is 4.79 Å². The van der Waals surface area contributed by atoms with Crippen molar-refractivity contribution in [1.82, 2.24) is 4.98 Å². The second-order valence-corrected chi connectivity index (χ2v) is 5.95. The van der Waals surface area contributed by atoms with Gasteiger partial charge in [-0.1, -0.05) is 30.3 Å². The third-order valence-corrected chi connectivity index (χ3v) is 4.45. The molecule has 1 aromatic heterocycles. The molecule has 0 aliphatic rings. The van der Waals surface area contributed by atoms with Gasteiger partial charge in [0.2, 0.25) is 0 Å². The summed E-state index contributed by atoms with van der Waals surface area (Å²) in [7, 11) is 3.13. The molecule has 1 heterocycles. The van der Waals surface area contributed by atoms with Crippen molar-refractivity contribution < 1.29 is 14.3 Å². The molecule has 0 spiro atoms. The molecule has 2 aromatic carbocycles. The first-order chi connectivity index (χ1) is 11.7. The standard InChI is InChI=1S/C18H16N2O3S/c1-22-13-8-9-14(15(10-13)23-2)20-17(21)16-11-19-18(24-16)12-6-4-3-5-7-12/h3-11H,1-2H3,(H,20,21). The van der Waals surface area contributed by atoms with Gasteiger partial charge >= 0.3 is 0 Å². The van der Waals surface area contributed by atoms with Crippen LogP contribution in [0, 0.1) is 0 Å². The summed E-state index contributed by atoms with van der Waals surface area (Å²) < 4.78 is 10.4. The number of carbonyl (C=O) groups excluding carboxylic acids is 1. The van der Waals surface area contributed by atoms with Gasteiger partial charge in [0.15, 0.2) is 0 Å². The number of nitrogens with zero attached hydrogens (tertiary/aromatic N) is 1. The maximum atomic E-state index is 12.5. The van der Waals surface area contributed by atoms with Crippen LogP contribution in [0.3, 0.4) is 0 Å². The zero-order valence-corrected chi connectivity index (χ0v) is 14.1. The lowest BCUT2D eigenvalue weighted by molar-refractivity contribution is 0.103. The van der Waals surface area contributed by atoms with Crippen LogP contribution < -0.4 is 14.8 Å². The van der Waals surface area contributed by atoms with Gasteiger partial charge in [0.05, 0.1) is 26.1 Å². The van der Waals surface area contributed by atoms with Crippen molar-refractivity contribution in [3.05, 3.63) is 59.6 Å². The number of benzene rings is 2. The molecule has 0 saturated carbocycles. The van der Waals surface area contributed by atoms with E-state index in [1.165, 1.54) is 11.3 Å². The van der Waals surface area contributed by atoms with E-state index in [0.29, 0.717) is 22.1 Å². The normalized spacial score (nSPS) is 10.2. The molecule has 0 saturated heterocycles. The van der Waals surface area contributed by atoms with Gasteiger partial charge in [0, 0.05) is 11.6 Å². The Labute approximate surface area is 143 Å². The predicted molar refractivity (Wildman–Crippen MR) is 95.0 cm³/mol. The number of anilines is 1. The molecule has 3 rings (SSSR count). The van der Waals surface area contributed by atoms with Crippen molar-refractivity contribution in [3.63, 3.8) is 0 Å². The molecule has 24 heavy (non-hydrogen) atoms. The first kappa shape index (κ1) is 16.0. The molecule has 0 fully saturated rings. The van der Waals surface area contributed by atoms with E-state index in [4.69, 9.17) is 9.47 Å². The number of hydrogen-bond acceptors (Lipinski definition) is 5. The molecule has 0 radical (unpaired) electrons. The summed E-state index contributed by atoms with van der Waals surface area (Å²) in [6, 6.07) is 15.0. The summed E-state index contributed by atoms with van der Waals surface area (Å²) in [5, 5.41) is 3.65. The molecule has 5 nitrogen and oxygen atoms in total. The van der Waals surface area contributed by atoms with Crippen LogP contribution >= 0.6 is 11.3 Å². The number of aromatic nitrogens is 1. The topological polar surface area (TPSA) is 60.5 Å². The summed E-state index contributed by atoms with van der Waals surface area (Å²) >= 11 is 1.35. The average Bonchev–Trinajstić information content (AvgIpc) is 3.13. The van der Waals surface area contributed by atoms with Gasteiger partial charge in [-0.2, -0.15) is 0 Å². The number of carbonyl (C=O) groups is 1. The lowest BCUT2D eigenvalue weighted by Crippen LogP contribution is -2.11. The molecule has 122 valence electrons. The van der Waals surface area contributed by atoms with Crippen LogP contribution in [0.2, 0.25) is 0 Å². The van der Waals surface area contributed by atoms with Gasteiger partial charge in [-0.25, -0.2) is 4.98 Å². The molecule has 6 heteroatoms. The smallest absolute Gasteiger partial charge is 0.267 e. The van der Waals surface area contributed by atoms with E-state index in [9.17, 15) is 4.79 Å². The largest absolute Gasteiger partial charge is 0.497 e. The molecule has 1 amide bonds. The van der Waals surface area contributed by atoms with E-state index in [2.05, 4.69) is 10.3 Å². The maximum Gasteiger partial charge on any atom is 0.267 e. The average molecular weight is 340 g/mol. The van der Waals surface area contributed by atoms with Crippen molar-refractivity contribution in [2.75, 3.05) is 19.5 Å². The van der Waals surface area contributed by atoms with Gasteiger partial charge in [0.1, 0.15) is 21.4 Å². The highest BCUT2D eigenvalue weighted by Gasteiger charge is 2.14. The molecule has 0 atom stereocenters. The van der Waals surface area contributed by atoms with Crippen LogP contribution in [0.5, 0.6) is 11.5 Å². The fourth-order valence-electron chi connectivity index (χ4n) is 2.18. The number of hydrogen-bond donors (Lipinski definition) is 1. The van der Waals surface area contributed by atoms with Crippen molar-refractivity contribution in [1.29, 1.82) is 0 Å². The monoisotopic (exact) mass is 340 g/mol. The molecule has 0 bridgehead atoms. The first-order valence-electron chi connectivity index (χ1n) is 7.26. The Hall–Kier alpha value is -2.86. The first-order valence-corrected chi connectivity index (χ1v) is 8.07. The molecular weight excluding hydrogens is 324 g/mol. The molecule has 1 N–H and O–H groups in total. The van der Waals surface area contributed by atoms with Gasteiger partial charge in [-0.05, 0) is 12.1 Å². The van der Waals surface area contributed by atoms with Crippen LogP contribution in [-0.2, 0) is 0 Å². The SMILES string of the molecule is COc1ccc(NC(=O)c2cnc(-c3ccccc3)s2)c(OC)c1. The zero-order valence-electron chi connectivity index (χ0n) is 13.3. The lowest BCUT2D eigenvalue weighted by atomic mass is 10.2. The van der Waals surface area contributed by atoms with E-state index in [1.54, 1.807) is 38.6 Å². The van der Waals surface area contributed by atoms with E-state index in [-0.39, 0.29) is 5.91 Å². The number of methoxy groups -OCH3 is 2. The second-order valence-electron chi connectivity index (χ2n) is 4.92. The number of ether oxygens (including phenoxy) is 2. The van der Waals surface area contributed by atoms with E-state index in [1.807, 2.05) is 30.3 Å². The minimum absolute atomic E-state index is 0.224. The Balaban J connectivity index is 1.80. The molecule has 0 aliphatic heterocycles. The van der Waals surface area contributed by atoms with Gasteiger partial charge in [-0.15, -0.1) is 11.3 Å². The highest BCUT2D eigenvalue weighted by atomic mass is 32.1. The van der Waals surface area contributed by atoms with E-state index in [0.717, 1.165) is 10.6 Å². The Kier molecular flexibility index (Phi) is 4.77. The Morgan fingerprint density at radius 1 is 1.08 bits per heavy atom. The molecule has 0 aliphatic carbocycles. The summed E-state index contributed by atoms with van der Waals surface area (Å²) in [5.41, 5.74) is 1.57. The quantitative estimate of drug-likeness (QED) is 0.760. The van der Waals surface area contributed by atoms with Gasteiger partial charge < -0.3 is 14.8 Å². The van der Waals surface area contributed by atoms with E-state index < -0.39 is 0 Å². The van der Waals surface area contributed by atoms with Crippen LogP contribution in [0.25, 0.3) is 10.6 Å². The summed E-state index contributed by atoms with van der Waals surface area (Å²) in [6.07, 6.45) is 1.58.